The highest BCUT2D eigenvalue weighted by Gasteiger charge is 2.14. The van der Waals surface area contributed by atoms with Crippen molar-refractivity contribution < 1.29 is 24.2 Å². The third kappa shape index (κ3) is 5.25. The van der Waals surface area contributed by atoms with Crippen LogP contribution in [0.4, 0.5) is 10.5 Å². The van der Waals surface area contributed by atoms with Gasteiger partial charge in [0.25, 0.3) is 0 Å². The first-order chi connectivity index (χ1) is 13.5. The van der Waals surface area contributed by atoms with Gasteiger partial charge in [0, 0.05) is 5.02 Å². The summed E-state index contributed by atoms with van der Waals surface area (Å²) in [4.78, 5) is 23.4. The number of rotatable bonds is 6. The lowest BCUT2D eigenvalue weighted by Crippen LogP contribution is -2.14. The number of ether oxygens (including phenoxy) is 2. The molecule has 0 spiro atoms. The third-order valence-corrected chi connectivity index (χ3v) is 3.97. The Labute approximate surface area is 166 Å². The Kier molecular flexibility index (Phi) is 6.14. The summed E-state index contributed by atoms with van der Waals surface area (Å²) in [6.45, 7) is 0.0820. The van der Waals surface area contributed by atoms with Crippen molar-refractivity contribution in [1.29, 1.82) is 0 Å². The number of carboxylic acids is 1. The summed E-state index contributed by atoms with van der Waals surface area (Å²) in [5, 5.41) is 12.3. The van der Waals surface area contributed by atoms with E-state index in [9.17, 15) is 14.7 Å². The Bertz CT molecular complexity index is 974. The normalized spacial score (nSPS) is 10.2. The summed E-state index contributed by atoms with van der Waals surface area (Å²) in [7, 11) is 0. The molecule has 0 unspecified atom stereocenters. The highest BCUT2D eigenvalue weighted by atomic mass is 35.5. The minimum atomic E-state index is -1.13. The second kappa shape index (κ2) is 8.92. The van der Waals surface area contributed by atoms with Crippen LogP contribution < -0.4 is 10.1 Å². The van der Waals surface area contributed by atoms with E-state index in [1.165, 1.54) is 18.2 Å². The zero-order valence-electron chi connectivity index (χ0n) is 14.6. The minimum absolute atomic E-state index is 0.00168. The van der Waals surface area contributed by atoms with Gasteiger partial charge in [0.1, 0.15) is 12.4 Å². The Hall–Kier alpha value is -3.51. The average Bonchev–Trinajstić information content (AvgIpc) is 2.70. The van der Waals surface area contributed by atoms with E-state index in [1.54, 1.807) is 24.3 Å². The predicted octanol–water partition coefficient (Wildman–Crippen LogP) is 5.58. The monoisotopic (exact) mass is 397 g/mol. The molecule has 28 heavy (non-hydrogen) atoms. The molecule has 0 aliphatic rings. The van der Waals surface area contributed by atoms with E-state index in [0.29, 0.717) is 10.8 Å². The molecule has 142 valence electrons. The van der Waals surface area contributed by atoms with Crippen LogP contribution in [0, 0.1) is 0 Å². The van der Waals surface area contributed by atoms with Gasteiger partial charge >= 0.3 is 12.1 Å². The lowest BCUT2D eigenvalue weighted by Gasteiger charge is -2.13. The van der Waals surface area contributed by atoms with Crippen LogP contribution in [0.25, 0.3) is 0 Å². The number of anilines is 1. The van der Waals surface area contributed by atoms with E-state index >= 15 is 0 Å². The van der Waals surface area contributed by atoms with Crippen LogP contribution in [0.15, 0.2) is 72.8 Å². The molecule has 7 heteroatoms. The fourth-order valence-corrected chi connectivity index (χ4v) is 2.47. The molecular weight excluding hydrogens is 382 g/mol. The summed E-state index contributed by atoms with van der Waals surface area (Å²) >= 11 is 5.86. The first-order valence-corrected chi connectivity index (χ1v) is 8.67. The summed E-state index contributed by atoms with van der Waals surface area (Å²) in [6, 6.07) is 20.0. The summed E-state index contributed by atoms with van der Waals surface area (Å²) in [5.41, 5.74) is 1.00. The standard InChI is InChI=1S/C21H16ClNO5/c22-16-7-9-17(10-8-16)28-19-11-6-15(20(24)25)12-18(19)23-21(26)27-13-14-4-2-1-3-5-14/h1-12H,13H2,(H,23,26)(H,24,25). The van der Waals surface area contributed by atoms with Crippen LogP contribution >= 0.6 is 11.6 Å². The predicted molar refractivity (Wildman–Crippen MR) is 105 cm³/mol. The van der Waals surface area contributed by atoms with Crippen LogP contribution in [-0.4, -0.2) is 17.2 Å². The fourth-order valence-electron chi connectivity index (χ4n) is 2.35. The van der Waals surface area contributed by atoms with E-state index < -0.39 is 12.1 Å². The van der Waals surface area contributed by atoms with Gasteiger partial charge in [0.05, 0.1) is 11.3 Å². The van der Waals surface area contributed by atoms with Gasteiger partial charge < -0.3 is 14.6 Å². The molecule has 0 radical (unpaired) electrons. The third-order valence-electron chi connectivity index (χ3n) is 3.72. The second-order valence-corrected chi connectivity index (χ2v) is 6.20. The Morgan fingerprint density at radius 2 is 1.68 bits per heavy atom. The number of carbonyl (C=O) groups excluding carboxylic acids is 1. The van der Waals surface area contributed by atoms with Crippen LogP contribution in [-0.2, 0) is 11.3 Å². The number of nitrogens with one attached hydrogen (secondary N) is 1. The van der Waals surface area contributed by atoms with Gasteiger partial charge in [-0.25, -0.2) is 9.59 Å². The van der Waals surface area contributed by atoms with Crippen molar-refractivity contribution in [3.05, 3.63) is 88.9 Å². The first-order valence-electron chi connectivity index (χ1n) is 8.30. The quantitative estimate of drug-likeness (QED) is 0.567. The van der Waals surface area contributed by atoms with Crippen molar-refractivity contribution in [3.63, 3.8) is 0 Å². The van der Waals surface area contributed by atoms with E-state index in [4.69, 9.17) is 21.1 Å². The Balaban J connectivity index is 1.76. The van der Waals surface area contributed by atoms with Crippen molar-refractivity contribution in [2.24, 2.45) is 0 Å². The van der Waals surface area contributed by atoms with Crippen molar-refractivity contribution in [1.82, 2.24) is 0 Å². The maximum absolute atomic E-state index is 12.2. The lowest BCUT2D eigenvalue weighted by atomic mass is 10.2. The van der Waals surface area contributed by atoms with Crippen molar-refractivity contribution in [2.75, 3.05) is 5.32 Å². The Morgan fingerprint density at radius 1 is 0.964 bits per heavy atom. The van der Waals surface area contributed by atoms with E-state index in [0.717, 1.165) is 5.56 Å². The van der Waals surface area contributed by atoms with Gasteiger partial charge in [0.2, 0.25) is 0 Å². The number of amides is 1. The van der Waals surface area contributed by atoms with Crippen molar-refractivity contribution in [2.45, 2.75) is 6.61 Å². The largest absolute Gasteiger partial charge is 0.478 e. The minimum Gasteiger partial charge on any atom is -0.478 e. The van der Waals surface area contributed by atoms with Gasteiger partial charge in [-0.1, -0.05) is 41.9 Å². The highest BCUT2D eigenvalue weighted by molar-refractivity contribution is 6.30. The van der Waals surface area contributed by atoms with E-state index in [-0.39, 0.29) is 23.6 Å². The summed E-state index contributed by atoms with van der Waals surface area (Å²) in [6.07, 6.45) is -0.729. The SMILES string of the molecule is O=C(Nc1cc(C(=O)O)ccc1Oc1ccc(Cl)cc1)OCc1ccccc1. The average molecular weight is 398 g/mol. The molecule has 6 nitrogen and oxygen atoms in total. The first kappa shape index (κ1) is 19.3. The lowest BCUT2D eigenvalue weighted by molar-refractivity contribution is 0.0696. The summed E-state index contributed by atoms with van der Waals surface area (Å²) in [5.74, 6) is -0.379. The van der Waals surface area contributed by atoms with Gasteiger partial charge in [-0.2, -0.15) is 0 Å². The smallest absolute Gasteiger partial charge is 0.412 e. The number of carbonyl (C=O) groups is 2. The molecule has 0 saturated heterocycles. The molecule has 0 aliphatic heterocycles. The van der Waals surface area contributed by atoms with E-state index in [2.05, 4.69) is 5.32 Å². The van der Waals surface area contributed by atoms with Gasteiger partial charge in [-0.3, -0.25) is 5.32 Å². The molecule has 0 heterocycles. The van der Waals surface area contributed by atoms with Crippen molar-refractivity contribution in [3.8, 4) is 11.5 Å². The van der Waals surface area contributed by atoms with Gasteiger partial charge in [-0.15, -0.1) is 0 Å². The molecule has 0 atom stereocenters. The maximum atomic E-state index is 12.2. The maximum Gasteiger partial charge on any atom is 0.412 e. The van der Waals surface area contributed by atoms with Crippen LogP contribution in [0.2, 0.25) is 5.02 Å². The highest BCUT2D eigenvalue weighted by Crippen LogP contribution is 2.31. The molecule has 3 aromatic carbocycles. The second-order valence-electron chi connectivity index (χ2n) is 5.76. The molecule has 0 bridgehead atoms. The van der Waals surface area contributed by atoms with Gasteiger partial charge in [-0.05, 0) is 48.0 Å². The topological polar surface area (TPSA) is 84.9 Å². The number of hydrogen-bond donors (Lipinski definition) is 2. The Morgan fingerprint density at radius 3 is 2.36 bits per heavy atom. The molecule has 0 aromatic heterocycles. The van der Waals surface area contributed by atoms with Crippen LogP contribution in [0.1, 0.15) is 15.9 Å². The molecule has 0 saturated carbocycles. The molecule has 0 fully saturated rings. The van der Waals surface area contributed by atoms with Crippen LogP contribution in [0.3, 0.4) is 0 Å². The molecule has 3 rings (SSSR count). The van der Waals surface area contributed by atoms with Crippen molar-refractivity contribution >= 4 is 29.4 Å². The zero-order chi connectivity index (χ0) is 19.9. The number of aromatic carboxylic acids is 1. The number of hydrogen-bond acceptors (Lipinski definition) is 4. The molecule has 3 aromatic rings. The summed E-state index contributed by atoms with van der Waals surface area (Å²) < 4.78 is 10.9. The molecule has 2 N–H and O–H groups in total. The molecule has 1 amide bonds. The van der Waals surface area contributed by atoms with E-state index in [1.807, 2.05) is 30.3 Å². The van der Waals surface area contributed by atoms with Crippen LogP contribution in [0.5, 0.6) is 11.5 Å². The number of carboxylic acid groups (broad SMARTS) is 1. The number of halogens is 1. The zero-order valence-corrected chi connectivity index (χ0v) is 15.3. The van der Waals surface area contributed by atoms with Gasteiger partial charge in [0.15, 0.2) is 5.75 Å². The fraction of sp³-hybridized carbons (Fsp3) is 0.0476. The molecule has 0 aliphatic carbocycles. The molecular formula is C21H16ClNO5. The number of benzene rings is 3.